The first-order valence-electron chi connectivity index (χ1n) is 9.51. The Balaban J connectivity index is 1.61. The molecule has 0 spiro atoms. The van der Waals surface area contributed by atoms with Gasteiger partial charge in [0.25, 0.3) is 0 Å². The van der Waals surface area contributed by atoms with Crippen LogP contribution in [0.25, 0.3) is 11.1 Å². The summed E-state index contributed by atoms with van der Waals surface area (Å²) in [5.74, 6) is -0.186. The third kappa shape index (κ3) is 4.29. The second-order valence-electron chi connectivity index (χ2n) is 7.12. The number of aromatic carboxylic acids is 1. The SMILES string of the molecule is O=C1CC(c2ccc(-c3ccc(C(=O)O)cc3OCc3ccccc3)cc2)CN1. The van der Waals surface area contributed by atoms with E-state index in [9.17, 15) is 14.7 Å². The molecular formula is C24H21NO4. The molecule has 0 bridgehead atoms. The van der Waals surface area contributed by atoms with Gasteiger partial charge in [0.05, 0.1) is 5.56 Å². The number of carboxylic acids is 1. The van der Waals surface area contributed by atoms with Crippen molar-refractivity contribution in [2.75, 3.05) is 6.54 Å². The highest BCUT2D eigenvalue weighted by Crippen LogP contribution is 2.33. The standard InChI is InChI=1S/C24H21NO4/c26-23-13-20(14-25-23)17-6-8-18(9-7-17)21-11-10-19(24(27)28)12-22(21)29-15-16-4-2-1-3-5-16/h1-12,20H,13-15H2,(H,25,26)(H,27,28). The Morgan fingerprint density at radius 1 is 1.03 bits per heavy atom. The number of carboxylic acid groups (broad SMARTS) is 1. The molecule has 2 N–H and O–H groups in total. The van der Waals surface area contributed by atoms with Crippen LogP contribution in [0.3, 0.4) is 0 Å². The van der Waals surface area contributed by atoms with Crippen LogP contribution < -0.4 is 10.1 Å². The number of rotatable bonds is 6. The lowest BCUT2D eigenvalue weighted by molar-refractivity contribution is -0.119. The number of amides is 1. The second-order valence-corrected chi connectivity index (χ2v) is 7.12. The first kappa shape index (κ1) is 18.7. The Kier molecular flexibility index (Phi) is 5.29. The van der Waals surface area contributed by atoms with Gasteiger partial charge in [-0.25, -0.2) is 4.79 Å². The summed E-state index contributed by atoms with van der Waals surface area (Å²) in [6.07, 6.45) is 0.512. The predicted octanol–water partition coefficient (Wildman–Crippen LogP) is 4.23. The molecular weight excluding hydrogens is 366 g/mol. The number of ether oxygens (including phenoxy) is 1. The van der Waals surface area contributed by atoms with Gasteiger partial charge in [0.2, 0.25) is 5.91 Å². The molecule has 0 aromatic heterocycles. The molecule has 1 fully saturated rings. The molecule has 3 aromatic carbocycles. The normalized spacial score (nSPS) is 15.7. The Morgan fingerprint density at radius 3 is 2.45 bits per heavy atom. The number of nitrogens with one attached hydrogen (secondary N) is 1. The summed E-state index contributed by atoms with van der Waals surface area (Å²) in [5, 5.41) is 12.2. The highest BCUT2D eigenvalue weighted by molar-refractivity contribution is 5.89. The van der Waals surface area contributed by atoms with Crippen LogP contribution in [0.4, 0.5) is 0 Å². The van der Waals surface area contributed by atoms with Gasteiger partial charge in [0, 0.05) is 24.4 Å². The van der Waals surface area contributed by atoms with E-state index in [-0.39, 0.29) is 17.4 Å². The maximum atomic E-state index is 11.5. The van der Waals surface area contributed by atoms with Crippen LogP contribution in [-0.4, -0.2) is 23.5 Å². The highest BCUT2D eigenvalue weighted by atomic mass is 16.5. The van der Waals surface area contributed by atoms with E-state index in [1.807, 2.05) is 54.6 Å². The molecule has 1 aliphatic rings. The van der Waals surface area contributed by atoms with Crippen LogP contribution in [0.2, 0.25) is 0 Å². The van der Waals surface area contributed by atoms with Gasteiger partial charge in [-0.3, -0.25) is 4.79 Å². The molecule has 0 aliphatic carbocycles. The number of carbonyl (C=O) groups excluding carboxylic acids is 1. The van der Waals surface area contributed by atoms with Crippen LogP contribution in [0, 0.1) is 0 Å². The summed E-state index contributed by atoms with van der Waals surface area (Å²) >= 11 is 0. The van der Waals surface area contributed by atoms with Crippen molar-refractivity contribution in [3.05, 3.63) is 89.5 Å². The molecule has 1 atom stereocenters. The number of hydrogen-bond donors (Lipinski definition) is 2. The minimum Gasteiger partial charge on any atom is -0.488 e. The van der Waals surface area contributed by atoms with Crippen molar-refractivity contribution in [3.63, 3.8) is 0 Å². The van der Waals surface area contributed by atoms with Crippen LogP contribution in [0.5, 0.6) is 5.75 Å². The fourth-order valence-corrected chi connectivity index (χ4v) is 3.52. The summed E-state index contributed by atoms with van der Waals surface area (Å²) in [6.45, 7) is 1.02. The molecule has 146 valence electrons. The largest absolute Gasteiger partial charge is 0.488 e. The molecule has 29 heavy (non-hydrogen) atoms. The van der Waals surface area contributed by atoms with Crippen LogP contribution in [0.15, 0.2) is 72.8 Å². The van der Waals surface area contributed by atoms with Gasteiger partial charge in [-0.15, -0.1) is 0 Å². The van der Waals surface area contributed by atoms with E-state index in [4.69, 9.17) is 4.74 Å². The lowest BCUT2D eigenvalue weighted by Gasteiger charge is -2.14. The van der Waals surface area contributed by atoms with Crippen molar-refractivity contribution in [3.8, 4) is 16.9 Å². The molecule has 1 unspecified atom stereocenters. The van der Waals surface area contributed by atoms with E-state index in [0.717, 1.165) is 22.3 Å². The molecule has 0 radical (unpaired) electrons. The maximum absolute atomic E-state index is 11.5. The highest BCUT2D eigenvalue weighted by Gasteiger charge is 2.23. The van der Waals surface area contributed by atoms with Crippen molar-refractivity contribution in [2.24, 2.45) is 0 Å². The summed E-state index contributed by atoms with van der Waals surface area (Å²) in [5.41, 5.74) is 4.07. The Morgan fingerprint density at radius 2 is 1.79 bits per heavy atom. The summed E-state index contributed by atoms with van der Waals surface area (Å²) < 4.78 is 5.99. The second kappa shape index (κ2) is 8.19. The molecule has 0 saturated carbocycles. The van der Waals surface area contributed by atoms with E-state index < -0.39 is 5.97 Å². The lowest BCUT2D eigenvalue weighted by Crippen LogP contribution is -2.13. The molecule has 1 amide bonds. The van der Waals surface area contributed by atoms with Crippen molar-refractivity contribution < 1.29 is 19.4 Å². The topological polar surface area (TPSA) is 75.6 Å². The van der Waals surface area contributed by atoms with Gasteiger partial charge in [-0.1, -0.05) is 54.6 Å². The number of hydrogen-bond acceptors (Lipinski definition) is 3. The summed E-state index contributed by atoms with van der Waals surface area (Å²) in [7, 11) is 0. The lowest BCUT2D eigenvalue weighted by atomic mass is 9.95. The van der Waals surface area contributed by atoms with Crippen molar-refractivity contribution >= 4 is 11.9 Å². The smallest absolute Gasteiger partial charge is 0.335 e. The zero-order valence-corrected chi connectivity index (χ0v) is 15.8. The number of carbonyl (C=O) groups is 2. The fourth-order valence-electron chi connectivity index (χ4n) is 3.52. The predicted molar refractivity (Wildman–Crippen MR) is 110 cm³/mol. The van der Waals surface area contributed by atoms with E-state index in [2.05, 4.69) is 5.32 Å². The number of benzene rings is 3. The minimum absolute atomic E-state index is 0.0833. The van der Waals surface area contributed by atoms with Gasteiger partial charge in [0.1, 0.15) is 12.4 Å². The third-order valence-electron chi connectivity index (χ3n) is 5.14. The Bertz CT molecular complexity index is 1030. The van der Waals surface area contributed by atoms with Crippen molar-refractivity contribution in [1.82, 2.24) is 5.32 Å². The molecule has 4 rings (SSSR count). The minimum atomic E-state index is -0.991. The molecule has 1 heterocycles. The molecule has 5 heteroatoms. The van der Waals surface area contributed by atoms with Gasteiger partial charge >= 0.3 is 5.97 Å². The van der Waals surface area contributed by atoms with E-state index in [0.29, 0.717) is 25.3 Å². The van der Waals surface area contributed by atoms with E-state index in [1.165, 1.54) is 0 Å². The molecule has 1 saturated heterocycles. The first-order valence-corrected chi connectivity index (χ1v) is 9.51. The molecule has 5 nitrogen and oxygen atoms in total. The van der Waals surface area contributed by atoms with Crippen LogP contribution in [0.1, 0.15) is 33.8 Å². The first-order chi connectivity index (χ1) is 14.1. The monoisotopic (exact) mass is 387 g/mol. The van der Waals surface area contributed by atoms with E-state index >= 15 is 0 Å². The van der Waals surface area contributed by atoms with Crippen molar-refractivity contribution in [2.45, 2.75) is 18.9 Å². The van der Waals surface area contributed by atoms with Crippen LogP contribution in [-0.2, 0) is 11.4 Å². The molecule has 1 aliphatic heterocycles. The van der Waals surface area contributed by atoms with Gasteiger partial charge < -0.3 is 15.2 Å². The van der Waals surface area contributed by atoms with Crippen LogP contribution >= 0.6 is 0 Å². The van der Waals surface area contributed by atoms with Gasteiger partial charge in [-0.05, 0) is 34.9 Å². The molecule has 3 aromatic rings. The average molecular weight is 387 g/mol. The van der Waals surface area contributed by atoms with Gasteiger partial charge in [-0.2, -0.15) is 0 Å². The summed E-state index contributed by atoms with van der Waals surface area (Å²) in [6, 6.07) is 22.7. The Hall–Kier alpha value is -3.60. The fraction of sp³-hybridized carbons (Fsp3) is 0.167. The van der Waals surface area contributed by atoms with Crippen molar-refractivity contribution in [1.29, 1.82) is 0 Å². The zero-order chi connectivity index (χ0) is 20.2. The van der Waals surface area contributed by atoms with E-state index in [1.54, 1.807) is 18.2 Å². The maximum Gasteiger partial charge on any atom is 0.335 e. The average Bonchev–Trinajstić information content (AvgIpc) is 3.19. The summed E-state index contributed by atoms with van der Waals surface area (Å²) in [4.78, 5) is 22.9. The third-order valence-corrected chi connectivity index (χ3v) is 5.14. The quantitative estimate of drug-likeness (QED) is 0.664. The Labute approximate surface area is 169 Å². The van der Waals surface area contributed by atoms with Gasteiger partial charge in [0.15, 0.2) is 0 Å². The zero-order valence-electron chi connectivity index (χ0n) is 15.8.